The van der Waals surface area contributed by atoms with Gasteiger partial charge in [-0.1, -0.05) is 18.7 Å². The second kappa shape index (κ2) is 6.23. The minimum absolute atomic E-state index is 0. The van der Waals surface area contributed by atoms with Crippen LogP contribution in [0, 0.1) is 13.0 Å². The first-order valence-electron chi connectivity index (χ1n) is 5.32. The summed E-state index contributed by atoms with van der Waals surface area (Å²) < 4.78 is 1.37. The molecule has 19 heavy (non-hydrogen) atoms. The van der Waals surface area contributed by atoms with Crippen molar-refractivity contribution in [2.75, 3.05) is 0 Å². The van der Waals surface area contributed by atoms with E-state index >= 15 is 0 Å². The molecule has 2 heterocycles. The van der Waals surface area contributed by atoms with Crippen molar-refractivity contribution < 1.29 is 32.7 Å². The molecular formula is C12H8B3N2OY-. The largest absolute Gasteiger partial charge is 0.367 e. The molecule has 0 spiro atoms. The molecule has 0 amide bonds. The fourth-order valence-corrected chi connectivity index (χ4v) is 1.49. The maximum absolute atomic E-state index is 11.9. The van der Waals surface area contributed by atoms with Crippen LogP contribution in [0.2, 0.25) is 0 Å². The molecule has 0 saturated heterocycles. The van der Waals surface area contributed by atoms with E-state index in [-0.39, 0.29) is 38.3 Å². The smallest absolute Gasteiger partial charge is 0.245 e. The normalized spacial score (nSPS) is 10.8. The van der Waals surface area contributed by atoms with Crippen LogP contribution in [-0.4, -0.2) is 33.1 Å². The van der Waals surface area contributed by atoms with Crippen molar-refractivity contribution in [2.45, 2.75) is 12.0 Å². The van der Waals surface area contributed by atoms with E-state index in [0.29, 0.717) is 11.4 Å². The van der Waals surface area contributed by atoms with Crippen molar-refractivity contribution in [2.24, 2.45) is 0 Å². The van der Waals surface area contributed by atoms with Gasteiger partial charge in [-0.25, -0.2) is 0 Å². The van der Waals surface area contributed by atoms with Crippen molar-refractivity contribution in [3.8, 4) is 5.82 Å². The minimum Gasteiger partial charge on any atom is -0.367 e. The van der Waals surface area contributed by atoms with Crippen LogP contribution in [-0.2, 0) is 37.8 Å². The van der Waals surface area contributed by atoms with Gasteiger partial charge in [-0.2, -0.15) is 6.07 Å². The molecule has 0 saturated carbocycles. The van der Waals surface area contributed by atoms with Crippen LogP contribution in [0.4, 0.5) is 0 Å². The van der Waals surface area contributed by atoms with Crippen LogP contribution in [0.25, 0.3) is 5.82 Å². The van der Waals surface area contributed by atoms with Crippen LogP contribution >= 0.6 is 0 Å². The summed E-state index contributed by atoms with van der Waals surface area (Å²) in [6, 6.07) is 7.49. The molecule has 2 rings (SSSR count). The maximum atomic E-state index is 11.9. The molecular weight excluding hydrogens is 309 g/mol. The zero-order valence-electron chi connectivity index (χ0n) is 10.5. The van der Waals surface area contributed by atoms with E-state index in [1.165, 1.54) is 16.8 Å². The van der Waals surface area contributed by atoms with Crippen molar-refractivity contribution in [1.82, 2.24) is 9.55 Å². The zero-order chi connectivity index (χ0) is 13.3. The van der Waals surface area contributed by atoms with Crippen molar-refractivity contribution in [3.05, 3.63) is 58.1 Å². The maximum Gasteiger partial charge on any atom is 0.245 e. The topological polar surface area (TPSA) is 34.9 Å². The second-order valence-electron chi connectivity index (χ2n) is 4.14. The molecule has 0 fully saturated rings. The molecule has 2 aromatic heterocycles. The number of aryl methyl sites for hydroxylation is 1. The summed E-state index contributed by atoms with van der Waals surface area (Å²) >= 11 is 0. The minimum atomic E-state index is -1.52. The molecule has 2 aromatic rings. The Morgan fingerprint density at radius 3 is 2.53 bits per heavy atom. The van der Waals surface area contributed by atoms with Gasteiger partial charge in [-0.05, 0) is 6.07 Å². The summed E-state index contributed by atoms with van der Waals surface area (Å²) in [5, 5.41) is -1.52. The number of pyridine rings is 2. The van der Waals surface area contributed by atoms with E-state index in [4.69, 9.17) is 23.5 Å². The quantitative estimate of drug-likeness (QED) is 0.575. The first-order valence-corrected chi connectivity index (χ1v) is 5.32. The van der Waals surface area contributed by atoms with Crippen molar-refractivity contribution >= 4 is 23.5 Å². The van der Waals surface area contributed by atoms with Gasteiger partial charge in [0.25, 0.3) is 0 Å². The summed E-state index contributed by atoms with van der Waals surface area (Å²) in [4.78, 5) is 16.1. The fourth-order valence-electron chi connectivity index (χ4n) is 1.49. The molecule has 0 aliphatic rings. The number of hydrogen-bond donors (Lipinski definition) is 0. The third-order valence-corrected chi connectivity index (χ3v) is 2.49. The molecule has 0 atom stereocenters. The zero-order valence-corrected chi connectivity index (χ0v) is 13.3. The molecule has 0 aliphatic carbocycles. The Bertz CT molecular complexity index is 620. The first kappa shape index (κ1) is 16.5. The Labute approximate surface area is 141 Å². The third-order valence-electron chi connectivity index (χ3n) is 2.49. The van der Waals surface area contributed by atoms with E-state index in [2.05, 4.69) is 11.1 Å². The molecule has 0 aliphatic heterocycles. The third kappa shape index (κ3) is 3.93. The number of nitrogens with zero attached hydrogens (tertiary/aromatic N) is 2. The van der Waals surface area contributed by atoms with E-state index < -0.39 is 5.11 Å². The van der Waals surface area contributed by atoms with Crippen LogP contribution in [0.5, 0.6) is 0 Å². The number of rotatable bonds is 2. The monoisotopic (exact) mass is 318 g/mol. The van der Waals surface area contributed by atoms with Gasteiger partial charge >= 0.3 is 0 Å². The molecule has 7 heteroatoms. The van der Waals surface area contributed by atoms with Crippen LogP contribution in [0.15, 0.2) is 35.4 Å². The van der Waals surface area contributed by atoms with Gasteiger partial charge in [0, 0.05) is 50.8 Å². The predicted molar refractivity (Wildman–Crippen MR) is 72.3 cm³/mol. The fraction of sp³-hybridized carbons (Fsp3) is 0.167. The Kier molecular flexibility index (Phi) is 5.40. The molecule has 0 bridgehead atoms. The van der Waals surface area contributed by atoms with Crippen molar-refractivity contribution in [3.63, 3.8) is 0 Å². The Balaban J connectivity index is 0.00000180. The second-order valence-corrected chi connectivity index (χ2v) is 4.14. The average molecular weight is 318 g/mol. The van der Waals surface area contributed by atoms with Gasteiger partial charge < -0.3 is 9.55 Å². The Morgan fingerprint density at radius 1 is 1.37 bits per heavy atom. The van der Waals surface area contributed by atoms with Crippen LogP contribution in [0.3, 0.4) is 0 Å². The van der Waals surface area contributed by atoms with Crippen LogP contribution in [0.1, 0.15) is 11.1 Å². The van der Waals surface area contributed by atoms with Gasteiger partial charge in [0.15, 0.2) is 0 Å². The summed E-state index contributed by atoms with van der Waals surface area (Å²) in [7, 11) is 16.6. The average Bonchev–Trinajstić information content (AvgIpc) is 2.29. The van der Waals surface area contributed by atoms with Crippen molar-refractivity contribution in [1.29, 1.82) is 0 Å². The van der Waals surface area contributed by atoms with Gasteiger partial charge in [0.05, 0.1) is 23.5 Å². The van der Waals surface area contributed by atoms with Gasteiger partial charge in [0.2, 0.25) is 5.56 Å². The van der Waals surface area contributed by atoms with Crippen LogP contribution < -0.4 is 5.56 Å². The Hall–Kier alpha value is -0.601. The number of aromatic nitrogens is 2. The first-order chi connectivity index (χ1) is 8.38. The SMILES string of the molecule is [B]C([B])([B])c1ccn(-c2c[c-]c(C)cn2)c(=O)c1.[Y]. The standard InChI is InChI=1S/C12H8B3N2O.Y/c1-8-2-3-10(16-7-8)17-5-4-9(6-11(17)18)12(13,14)15;/h3-7H,1H3;/q-1;. The van der Waals surface area contributed by atoms with Gasteiger partial charge in [-0.15, -0.1) is 16.7 Å². The Morgan fingerprint density at radius 2 is 2.05 bits per heavy atom. The van der Waals surface area contributed by atoms with E-state index in [9.17, 15) is 4.79 Å². The van der Waals surface area contributed by atoms with Gasteiger partial charge in [-0.3, -0.25) is 4.79 Å². The number of hydrogen-bond acceptors (Lipinski definition) is 2. The summed E-state index contributed by atoms with van der Waals surface area (Å²) in [5.41, 5.74) is 0.955. The van der Waals surface area contributed by atoms with Gasteiger partial charge in [0.1, 0.15) is 0 Å². The summed E-state index contributed by atoms with van der Waals surface area (Å²) in [6.45, 7) is 1.87. The molecule has 85 valence electrons. The summed E-state index contributed by atoms with van der Waals surface area (Å²) in [5.74, 6) is 0.480. The van der Waals surface area contributed by atoms with E-state index in [1.54, 1.807) is 18.3 Å². The molecule has 0 aromatic carbocycles. The van der Waals surface area contributed by atoms with E-state index in [1.807, 2.05) is 6.92 Å². The molecule has 3 nitrogen and oxygen atoms in total. The summed E-state index contributed by atoms with van der Waals surface area (Å²) in [6.07, 6.45) is 3.17. The predicted octanol–water partition coefficient (Wildman–Crippen LogP) is -0.0456. The molecule has 0 N–H and O–H groups in total. The van der Waals surface area contributed by atoms with E-state index in [0.717, 1.165) is 5.56 Å². The molecule has 0 unspecified atom stereocenters. The molecule has 7 radical (unpaired) electrons.